The van der Waals surface area contributed by atoms with Crippen LogP contribution in [0.3, 0.4) is 0 Å². The average Bonchev–Trinajstić information content (AvgIpc) is 3.89. The van der Waals surface area contributed by atoms with Crippen molar-refractivity contribution >= 4 is 45.6 Å². The number of ether oxygens (including phenoxy) is 4. The Hall–Kier alpha value is -5.45. The largest absolute Gasteiger partial charge is 0.493 e. The normalized spacial score (nSPS) is 15.6. The van der Waals surface area contributed by atoms with Gasteiger partial charge in [-0.05, 0) is 59.9 Å². The number of anilines is 1. The first kappa shape index (κ1) is 47.0. The molecule has 3 atom stereocenters. The van der Waals surface area contributed by atoms with Gasteiger partial charge in [0.25, 0.3) is 0 Å². The van der Waals surface area contributed by atoms with Crippen LogP contribution in [-0.2, 0) is 35.1 Å². The minimum atomic E-state index is -0.952. The monoisotopic (exact) mass is 880 g/mol. The molecule has 2 aromatic heterocycles. The van der Waals surface area contributed by atoms with Gasteiger partial charge >= 0.3 is 0 Å². The average molecular weight is 881 g/mol. The number of carbonyl (C=O) groups excluding carboxylic acids is 3. The molecule has 3 aromatic carbocycles. The molecule has 5 aromatic rings. The van der Waals surface area contributed by atoms with Gasteiger partial charge < -0.3 is 44.5 Å². The van der Waals surface area contributed by atoms with E-state index in [2.05, 4.69) is 50.8 Å². The molecule has 6 rings (SSSR count). The molecule has 0 spiro atoms. The third kappa shape index (κ3) is 13.3. The molecule has 3 amide bonds. The van der Waals surface area contributed by atoms with Crippen molar-refractivity contribution in [1.29, 1.82) is 0 Å². The van der Waals surface area contributed by atoms with E-state index in [9.17, 15) is 19.5 Å². The van der Waals surface area contributed by atoms with Crippen LogP contribution in [0.15, 0.2) is 84.4 Å². The predicted octanol–water partition coefficient (Wildman–Crippen LogP) is 6.03. The number of nitrogens with one attached hydrogen (secondary N) is 2. The van der Waals surface area contributed by atoms with E-state index in [1.165, 1.54) is 4.90 Å². The molecule has 3 heterocycles. The van der Waals surface area contributed by atoms with Gasteiger partial charge in [0.2, 0.25) is 17.7 Å². The summed E-state index contributed by atoms with van der Waals surface area (Å²) >= 11 is 1.58. The number of thiazole rings is 1. The van der Waals surface area contributed by atoms with Gasteiger partial charge in [0.15, 0.2) is 0 Å². The lowest BCUT2D eigenvalue weighted by Crippen LogP contribution is -2.58. The number of pyridine rings is 1. The quantitative estimate of drug-likeness (QED) is 0.0738. The molecule has 1 fully saturated rings. The fraction of sp³-hybridized carbons (Fsp3) is 0.438. The first-order valence-corrected chi connectivity index (χ1v) is 22.2. The van der Waals surface area contributed by atoms with Gasteiger partial charge in [0, 0.05) is 63.3 Å². The van der Waals surface area contributed by atoms with E-state index in [0.717, 1.165) is 55.3 Å². The molecule has 0 bridgehead atoms. The Morgan fingerprint density at radius 3 is 2.27 bits per heavy atom. The number of benzene rings is 3. The Balaban J connectivity index is 0.835. The van der Waals surface area contributed by atoms with Crippen molar-refractivity contribution in [3.63, 3.8) is 0 Å². The molecule has 0 radical (unpaired) electrons. The Labute approximate surface area is 373 Å². The van der Waals surface area contributed by atoms with Gasteiger partial charge in [-0.1, -0.05) is 63.2 Å². The highest BCUT2D eigenvalue weighted by molar-refractivity contribution is 7.13. The lowest BCUT2D eigenvalue weighted by molar-refractivity contribution is -0.144. The second kappa shape index (κ2) is 22.3. The van der Waals surface area contributed by atoms with E-state index >= 15 is 0 Å². The molecular weight excluding hydrogens is 821 g/mol. The molecule has 0 unspecified atom stereocenters. The van der Waals surface area contributed by atoms with Crippen molar-refractivity contribution in [3.05, 3.63) is 95.6 Å². The van der Waals surface area contributed by atoms with Gasteiger partial charge in [-0.15, -0.1) is 11.3 Å². The fourth-order valence-electron chi connectivity index (χ4n) is 7.22. The number of fused-ring (bicyclic) bond motifs is 1. The number of carbonyl (C=O) groups is 3. The highest BCUT2D eigenvalue weighted by Crippen LogP contribution is 2.29. The third-order valence-electron chi connectivity index (χ3n) is 10.7. The zero-order valence-corrected chi connectivity index (χ0v) is 37.9. The van der Waals surface area contributed by atoms with Crippen LogP contribution in [0.1, 0.15) is 44.9 Å². The second-order valence-electron chi connectivity index (χ2n) is 16.9. The maximum atomic E-state index is 13.9. The summed E-state index contributed by atoms with van der Waals surface area (Å²) in [6.07, 6.45) is -0.0438. The fourth-order valence-corrected chi connectivity index (χ4v) is 8.03. The maximum Gasteiger partial charge on any atom is 0.246 e. The highest BCUT2D eigenvalue weighted by atomic mass is 32.1. The SMILES string of the molecule is Cc1ncsc1-c1ccc(CNC(=O)[C@@H]2C[C@@H](O)CN2C(=O)[C@@H](NC(=O)COCCOCCOCCCOc2ccc3nc(-c4ccc(N(C)C)cc4)ccc3c2)C(C)(C)C)cc1. The zero-order valence-electron chi connectivity index (χ0n) is 37.1. The summed E-state index contributed by atoms with van der Waals surface area (Å²) in [6.45, 7) is 9.71. The first-order chi connectivity index (χ1) is 30.3. The standard InChI is InChI=1S/C48H60N6O8S/c1-32-44(63-31-50-32)35-10-8-33(9-11-35)28-49-46(57)42-27-38(55)29-54(42)47(58)45(48(2,3)4)52-43(56)30-61-25-24-60-23-22-59-20-7-21-62-39-17-19-41-36(26-39)14-18-40(51-41)34-12-15-37(16-13-34)53(5)6/h8-19,26,31,38,42,45,55H,7,20-25,27-30H2,1-6H3,(H,49,57)(H,52,56)/t38-,42+,45-/m1/s1. The number of likely N-dealkylation sites (tertiary alicyclic amines) is 1. The van der Waals surface area contributed by atoms with E-state index in [1.54, 1.807) is 11.3 Å². The molecule has 15 heteroatoms. The van der Waals surface area contributed by atoms with Crippen molar-refractivity contribution < 1.29 is 38.4 Å². The number of nitrogens with zero attached hydrogens (tertiary/aromatic N) is 4. The Kier molecular flexibility index (Phi) is 16.6. The van der Waals surface area contributed by atoms with Crippen molar-refractivity contribution in [1.82, 2.24) is 25.5 Å². The summed E-state index contributed by atoms with van der Waals surface area (Å²) in [5.41, 5.74) is 8.09. The molecule has 336 valence electrons. The first-order valence-electron chi connectivity index (χ1n) is 21.4. The van der Waals surface area contributed by atoms with Crippen molar-refractivity contribution in [2.75, 3.05) is 71.8 Å². The number of hydrogen-bond acceptors (Lipinski definition) is 12. The smallest absolute Gasteiger partial charge is 0.246 e. The Morgan fingerprint density at radius 2 is 1.59 bits per heavy atom. The predicted molar refractivity (Wildman–Crippen MR) is 246 cm³/mol. The molecule has 63 heavy (non-hydrogen) atoms. The van der Waals surface area contributed by atoms with E-state index in [1.807, 2.05) is 95.8 Å². The van der Waals surface area contributed by atoms with Crippen LogP contribution in [0.5, 0.6) is 5.75 Å². The van der Waals surface area contributed by atoms with Gasteiger partial charge in [-0.3, -0.25) is 14.4 Å². The zero-order chi connectivity index (χ0) is 44.9. The summed E-state index contributed by atoms with van der Waals surface area (Å²) in [7, 11) is 4.05. The van der Waals surface area contributed by atoms with Crippen molar-refractivity contribution in [3.8, 4) is 27.4 Å². The van der Waals surface area contributed by atoms with Crippen LogP contribution in [0.25, 0.3) is 32.6 Å². The molecule has 1 aliphatic rings. The van der Waals surface area contributed by atoms with Crippen LogP contribution >= 0.6 is 11.3 Å². The highest BCUT2D eigenvalue weighted by Gasteiger charge is 2.44. The molecule has 3 N–H and O–H groups in total. The number of aryl methyl sites for hydroxylation is 1. The van der Waals surface area contributed by atoms with E-state index in [-0.39, 0.29) is 45.2 Å². The van der Waals surface area contributed by atoms with E-state index in [0.29, 0.717) is 32.8 Å². The van der Waals surface area contributed by atoms with Gasteiger partial charge in [0.05, 0.1) is 66.4 Å². The molecule has 1 aliphatic heterocycles. The van der Waals surface area contributed by atoms with Gasteiger partial charge in [0.1, 0.15) is 24.4 Å². The number of aromatic nitrogens is 2. The summed E-state index contributed by atoms with van der Waals surface area (Å²) in [4.78, 5) is 53.9. The lowest BCUT2D eigenvalue weighted by atomic mass is 9.85. The lowest BCUT2D eigenvalue weighted by Gasteiger charge is -2.35. The van der Waals surface area contributed by atoms with Crippen LogP contribution in [-0.4, -0.2) is 123 Å². The van der Waals surface area contributed by atoms with E-state index in [4.69, 9.17) is 23.9 Å². The molecular formula is C48H60N6O8S. The molecule has 14 nitrogen and oxygen atoms in total. The minimum absolute atomic E-state index is 0.00742. The summed E-state index contributed by atoms with van der Waals surface area (Å²) < 4.78 is 22.8. The number of aliphatic hydroxyl groups is 1. The van der Waals surface area contributed by atoms with Crippen LogP contribution in [0, 0.1) is 12.3 Å². The Morgan fingerprint density at radius 1 is 0.889 bits per heavy atom. The third-order valence-corrected chi connectivity index (χ3v) is 11.7. The summed E-state index contributed by atoms with van der Waals surface area (Å²) in [6, 6.07) is 24.4. The van der Waals surface area contributed by atoms with Crippen LogP contribution in [0.2, 0.25) is 0 Å². The second-order valence-corrected chi connectivity index (χ2v) is 17.8. The number of β-amino-alcohol motifs (C(OH)–C–C–N with tert-alkyl or cyclic N) is 1. The Bertz CT molecular complexity index is 2280. The van der Waals surface area contributed by atoms with E-state index < -0.39 is 35.4 Å². The topological polar surface area (TPSA) is 165 Å². The molecule has 1 saturated heterocycles. The van der Waals surface area contributed by atoms with Crippen molar-refractivity contribution in [2.24, 2.45) is 5.41 Å². The number of amides is 3. The van der Waals surface area contributed by atoms with Gasteiger partial charge in [-0.25, -0.2) is 9.97 Å². The van der Waals surface area contributed by atoms with Crippen LogP contribution in [0.4, 0.5) is 5.69 Å². The maximum absolute atomic E-state index is 13.9. The number of hydrogen-bond donors (Lipinski definition) is 3. The summed E-state index contributed by atoms with van der Waals surface area (Å²) in [5, 5.41) is 17.3. The minimum Gasteiger partial charge on any atom is -0.493 e. The molecule has 0 saturated carbocycles. The van der Waals surface area contributed by atoms with Crippen LogP contribution < -0.4 is 20.3 Å². The van der Waals surface area contributed by atoms with Gasteiger partial charge in [-0.2, -0.15) is 0 Å². The number of rotatable bonds is 21. The number of aliphatic hydroxyl groups excluding tert-OH is 1. The molecule has 0 aliphatic carbocycles. The summed E-state index contributed by atoms with van der Waals surface area (Å²) in [5.74, 6) is -0.489. The van der Waals surface area contributed by atoms with Crippen molar-refractivity contribution in [2.45, 2.75) is 65.3 Å².